The molecule has 5 nitrogen and oxygen atoms in total. The topological polar surface area (TPSA) is 62.1 Å². The van der Waals surface area contributed by atoms with Crippen molar-refractivity contribution in [1.29, 1.82) is 0 Å². The van der Waals surface area contributed by atoms with E-state index in [1.807, 2.05) is 12.1 Å². The maximum absolute atomic E-state index is 11.9. The molecule has 1 aliphatic heterocycles. The molecule has 0 bridgehead atoms. The van der Waals surface area contributed by atoms with Crippen LogP contribution in [0.3, 0.4) is 0 Å². The Morgan fingerprint density at radius 2 is 2.37 bits per heavy atom. The molecule has 19 heavy (non-hydrogen) atoms. The van der Waals surface area contributed by atoms with Crippen LogP contribution in [0.5, 0.6) is 5.75 Å². The number of carbonyl (C=O) groups excluding carboxylic acids is 1. The van der Waals surface area contributed by atoms with Gasteiger partial charge in [-0.25, -0.2) is 5.06 Å². The Balaban J connectivity index is 2.23. The van der Waals surface area contributed by atoms with Crippen molar-refractivity contribution in [1.82, 2.24) is 5.06 Å². The summed E-state index contributed by atoms with van der Waals surface area (Å²) in [4.78, 5) is 21.2. The number of rotatable bonds is 3. The monoisotopic (exact) mass is 392 g/mol. The molecule has 0 fully saturated rings. The van der Waals surface area contributed by atoms with Crippen molar-refractivity contribution in [3.05, 3.63) is 27.3 Å². The van der Waals surface area contributed by atoms with Gasteiger partial charge in [0, 0.05) is 21.9 Å². The van der Waals surface area contributed by atoms with Crippen molar-refractivity contribution >= 4 is 45.3 Å². The average molecular weight is 392 g/mol. The minimum atomic E-state index is -0.456. The molecule has 1 aromatic carbocycles. The van der Waals surface area contributed by atoms with E-state index >= 15 is 0 Å². The van der Waals surface area contributed by atoms with Crippen LogP contribution >= 0.6 is 34.4 Å². The van der Waals surface area contributed by atoms with Gasteiger partial charge in [0.1, 0.15) is 16.8 Å². The number of thioether (sulfide) groups is 1. The number of likely N-dealkylation sites (N-methyl/N-ethyl adjacent to an activating group) is 1. The second-order valence-corrected chi connectivity index (χ2v) is 6.20. The van der Waals surface area contributed by atoms with Crippen molar-refractivity contribution in [2.75, 3.05) is 19.9 Å². The summed E-state index contributed by atoms with van der Waals surface area (Å²) in [6.45, 7) is 0. The molecular formula is C12H13IN2O3S. The Hall–Kier alpha value is -0.800. The van der Waals surface area contributed by atoms with E-state index in [2.05, 4.69) is 27.6 Å². The second-order valence-electron chi connectivity index (χ2n) is 3.94. The number of amides is 1. The summed E-state index contributed by atoms with van der Waals surface area (Å²) < 4.78 is 1.01. The van der Waals surface area contributed by atoms with Gasteiger partial charge in [-0.05, 0) is 40.8 Å². The highest BCUT2D eigenvalue weighted by Gasteiger charge is 2.29. The van der Waals surface area contributed by atoms with Gasteiger partial charge >= 0.3 is 0 Å². The molecule has 1 aliphatic rings. The molecule has 0 spiro atoms. The lowest BCUT2D eigenvalue weighted by Gasteiger charge is -2.15. The van der Waals surface area contributed by atoms with Crippen LogP contribution in [-0.4, -0.2) is 47.1 Å². The van der Waals surface area contributed by atoms with Gasteiger partial charge in [-0.2, -0.15) is 0 Å². The van der Waals surface area contributed by atoms with Crippen LogP contribution in [0.2, 0.25) is 0 Å². The third-order valence-electron chi connectivity index (χ3n) is 2.71. The Morgan fingerprint density at radius 1 is 1.63 bits per heavy atom. The van der Waals surface area contributed by atoms with E-state index in [1.165, 1.54) is 23.9 Å². The van der Waals surface area contributed by atoms with Gasteiger partial charge in [-0.1, -0.05) is 0 Å². The van der Waals surface area contributed by atoms with Crippen LogP contribution in [-0.2, 0) is 9.63 Å². The first kappa shape index (κ1) is 14.6. The van der Waals surface area contributed by atoms with Crippen LogP contribution in [0, 0.1) is 3.57 Å². The van der Waals surface area contributed by atoms with Crippen LogP contribution in [0.4, 0.5) is 0 Å². The van der Waals surface area contributed by atoms with Crippen LogP contribution < -0.4 is 0 Å². The number of hydroxylamine groups is 2. The number of aromatic hydroxyl groups is 1. The molecule has 1 heterocycles. The third-order valence-corrected chi connectivity index (χ3v) is 4.46. The number of benzene rings is 1. The lowest BCUT2D eigenvalue weighted by molar-refractivity contribution is -0.169. The Kier molecular flexibility index (Phi) is 4.69. The molecule has 0 radical (unpaired) electrons. The SMILES string of the molecule is CON(C)C(=O)C1CSC(c2cc(I)ccc2O)=N1. The highest BCUT2D eigenvalue weighted by Crippen LogP contribution is 2.30. The maximum atomic E-state index is 11.9. The Bertz CT molecular complexity index is 536. The first-order valence-electron chi connectivity index (χ1n) is 5.54. The standard InChI is InChI=1S/C12H13IN2O3S/c1-15(18-2)12(17)9-6-19-11(14-9)8-5-7(13)3-4-10(8)16/h3-5,9,16H,6H2,1-2H3. The summed E-state index contributed by atoms with van der Waals surface area (Å²) in [6, 6.07) is 4.86. The van der Waals surface area contributed by atoms with E-state index in [0.29, 0.717) is 16.4 Å². The molecule has 1 atom stereocenters. The van der Waals surface area contributed by atoms with Gasteiger partial charge in [0.2, 0.25) is 0 Å². The highest BCUT2D eigenvalue weighted by atomic mass is 127. The minimum Gasteiger partial charge on any atom is -0.507 e. The Morgan fingerprint density at radius 3 is 3.05 bits per heavy atom. The van der Waals surface area contributed by atoms with Crippen molar-refractivity contribution < 1.29 is 14.7 Å². The van der Waals surface area contributed by atoms with Gasteiger partial charge in [0.05, 0.1) is 7.11 Å². The van der Waals surface area contributed by atoms with E-state index in [4.69, 9.17) is 4.84 Å². The van der Waals surface area contributed by atoms with Gasteiger partial charge in [0.25, 0.3) is 5.91 Å². The van der Waals surface area contributed by atoms with Gasteiger partial charge in [-0.15, -0.1) is 11.8 Å². The minimum absolute atomic E-state index is 0.180. The number of phenolic OH excluding ortho intramolecular Hbond substituents is 1. The van der Waals surface area contributed by atoms with E-state index in [1.54, 1.807) is 13.1 Å². The van der Waals surface area contributed by atoms with Crippen molar-refractivity contribution in [3.63, 3.8) is 0 Å². The normalized spacial score (nSPS) is 18.3. The molecule has 0 saturated carbocycles. The lowest BCUT2D eigenvalue weighted by atomic mass is 10.2. The molecule has 0 aliphatic carbocycles. The molecule has 0 aromatic heterocycles. The summed E-state index contributed by atoms with van der Waals surface area (Å²) in [5.41, 5.74) is 0.673. The molecular weight excluding hydrogens is 379 g/mol. The summed E-state index contributed by atoms with van der Waals surface area (Å²) >= 11 is 3.64. The number of aliphatic imine (C=N–C) groups is 1. The molecule has 1 amide bonds. The fourth-order valence-corrected chi connectivity index (χ4v) is 3.17. The average Bonchev–Trinajstić information content (AvgIpc) is 2.89. The first-order valence-corrected chi connectivity index (χ1v) is 7.60. The smallest absolute Gasteiger partial charge is 0.271 e. The quantitative estimate of drug-likeness (QED) is 0.631. The molecule has 102 valence electrons. The molecule has 2 rings (SSSR count). The fourth-order valence-electron chi connectivity index (χ4n) is 1.63. The molecule has 1 N–H and O–H groups in total. The fraction of sp³-hybridized carbons (Fsp3) is 0.333. The predicted octanol–water partition coefficient (Wildman–Crippen LogP) is 1.88. The van der Waals surface area contributed by atoms with Crippen molar-refractivity contribution in [3.8, 4) is 5.75 Å². The van der Waals surface area contributed by atoms with Crippen LogP contribution in [0.25, 0.3) is 0 Å². The van der Waals surface area contributed by atoms with E-state index in [9.17, 15) is 9.90 Å². The zero-order valence-corrected chi connectivity index (χ0v) is 13.4. The number of hydrogen-bond donors (Lipinski definition) is 1. The summed E-state index contributed by atoms with van der Waals surface area (Å²) in [5, 5.41) is 11.7. The third kappa shape index (κ3) is 3.21. The summed E-state index contributed by atoms with van der Waals surface area (Å²) in [5.74, 6) is 0.558. The van der Waals surface area contributed by atoms with Gasteiger partial charge in [-0.3, -0.25) is 14.6 Å². The number of nitrogens with zero attached hydrogens (tertiary/aromatic N) is 2. The second kappa shape index (κ2) is 6.10. The first-order chi connectivity index (χ1) is 9.02. The summed E-state index contributed by atoms with van der Waals surface area (Å²) in [7, 11) is 3.00. The van der Waals surface area contributed by atoms with E-state index in [-0.39, 0.29) is 11.7 Å². The molecule has 0 saturated heterocycles. The zero-order valence-electron chi connectivity index (χ0n) is 10.5. The van der Waals surface area contributed by atoms with Crippen molar-refractivity contribution in [2.45, 2.75) is 6.04 Å². The predicted molar refractivity (Wildman–Crippen MR) is 83.4 cm³/mol. The number of hydrogen-bond acceptors (Lipinski definition) is 5. The van der Waals surface area contributed by atoms with Crippen molar-refractivity contribution in [2.24, 2.45) is 4.99 Å². The van der Waals surface area contributed by atoms with E-state index in [0.717, 1.165) is 3.57 Å². The maximum Gasteiger partial charge on any atom is 0.271 e. The van der Waals surface area contributed by atoms with Gasteiger partial charge < -0.3 is 5.11 Å². The zero-order chi connectivity index (χ0) is 14.0. The van der Waals surface area contributed by atoms with E-state index < -0.39 is 6.04 Å². The number of halogens is 1. The molecule has 7 heteroatoms. The van der Waals surface area contributed by atoms with Crippen LogP contribution in [0.15, 0.2) is 23.2 Å². The van der Waals surface area contributed by atoms with Crippen LogP contribution in [0.1, 0.15) is 5.56 Å². The lowest BCUT2D eigenvalue weighted by Crippen LogP contribution is -2.34. The summed E-state index contributed by atoms with van der Waals surface area (Å²) in [6.07, 6.45) is 0. The Labute approximate surface area is 129 Å². The number of phenols is 1. The largest absolute Gasteiger partial charge is 0.507 e. The molecule has 1 aromatic rings. The highest BCUT2D eigenvalue weighted by molar-refractivity contribution is 14.1. The van der Waals surface area contributed by atoms with Gasteiger partial charge in [0.15, 0.2) is 0 Å². The molecule has 1 unspecified atom stereocenters. The number of carbonyl (C=O) groups is 1.